The molecule has 2 aromatic heterocycles. The van der Waals surface area contributed by atoms with Crippen molar-refractivity contribution in [3.63, 3.8) is 0 Å². The third kappa shape index (κ3) is 4.06. The number of halogens is 1. The molecular weight excluding hydrogens is 441 g/mol. The molecule has 0 unspecified atom stereocenters. The second-order valence-electron chi connectivity index (χ2n) is 6.86. The van der Waals surface area contributed by atoms with Crippen molar-refractivity contribution >= 4 is 38.2 Å². The number of carboxylic acids is 1. The fourth-order valence-electron chi connectivity index (χ4n) is 3.36. The highest BCUT2D eigenvalue weighted by atomic mass is 32.2. The van der Waals surface area contributed by atoms with Crippen LogP contribution in [0.3, 0.4) is 0 Å². The predicted octanol–water partition coefficient (Wildman–Crippen LogP) is 4.77. The van der Waals surface area contributed by atoms with Gasteiger partial charge in [-0.3, -0.25) is 4.79 Å². The number of carboxylic acid groups (broad SMARTS) is 1. The molecule has 0 atom stereocenters. The Bertz CT molecular complexity index is 1390. The molecule has 4 rings (SSSR count). The number of thiophene rings is 1. The molecule has 0 spiro atoms. The Hall–Kier alpha value is -3.17. The largest absolute Gasteiger partial charge is 0.497 e. The van der Waals surface area contributed by atoms with Crippen LogP contribution in [0.4, 0.5) is 4.39 Å². The zero-order valence-corrected chi connectivity index (χ0v) is 18.0. The fraction of sp³-hybridized carbons (Fsp3) is 0.136. The van der Waals surface area contributed by atoms with Crippen LogP contribution >= 0.6 is 11.3 Å². The third-order valence-corrected chi connectivity index (χ3v) is 8.15. The molecule has 0 aliphatic rings. The minimum atomic E-state index is -3.95. The Morgan fingerprint density at radius 3 is 2.68 bits per heavy atom. The first-order valence-corrected chi connectivity index (χ1v) is 11.6. The molecule has 0 bridgehead atoms. The molecule has 2 aromatic carbocycles. The van der Waals surface area contributed by atoms with Crippen LogP contribution in [0.25, 0.3) is 21.3 Å². The van der Waals surface area contributed by atoms with Crippen LogP contribution in [0.2, 0.25) is 0 Å². The molecule has 31 heavy (non-hydrogen) atoms. The van der Waals surface area contributed by atoms with Crippen molar-refractivity contribution in [2.45, 2.75) is 17.1 Å². The van der Waals surface area contributed by atoms with Gasteiger partial charge in [-0.1, -0.05) is 12.1 Å². The first-order valence-electron chi connectivity index (χ1n) is 9.31. The summed E-state index contributed by atoms with van der Waals surface area (Å²) in [6.07, 6.45) is 1.52. The summed E-state index contributed by atoms with van der Waals surface area (Å²) in [5, 5.41) is 9.66. The summed E-state index contributed by atoms with van der Waals surface area (Å²) in [5.41, 5.74) is 1.62. The molecule has 0 saturated carbocycles. The predicted molar refractivity (Wildman–Crippen MR) is 117 cm³/mol. The molecule has 1 N–H and O–H groups in total. The highest BCUT2D eigenvalue weighted by Gasteiger charge is 2.24. The lowest BCUT2D eigenvalue weighted by Gasteiger charge is -2.06. The number of methoxy groups -OCH3 is 1. The van der Waals surface area contributed by atoms with Crippen molar-refractivity contribution in [1.29, 1.82) is 0 Å². The number of fused-ring (bicyclic) bond motifs is 1. The van der Waals surface area contributed by atoms with Gasteiger partial charge >= 0.3 is 5.97 Å². The summed E-state index contributed by atoms with van der Waals surface area (Å²) in [7, 11) is -2.44. The minimum absolute atomic E-state index is 0.101. The van der Waals surface area contributed by atoms with Gasteiger partial charge in [-0.05, 0) is 60.0 Å². The Balaban J connectivity index is 1.81. The highest BCUT2D eigenvalue weighted by Crippen LogP contribution is 2.35. The Morgan fingerprint density at radius 2 is 1.97 bits per heavy atom. The van der Waals surface area contributed by atoms with Crippen LogP contribution < -0.4 is 4.74 Å². The molecule has 0 saturated heterocycles. The number of ether oxygens (including phenoxy) is 1. The Labute approximate surface area is 182 Å². The van der Waals surface area contributed by atoms with Crippen molar-refractivity contribution < 1.29 is 27.4 Å². The van der Waals surface area contributed by atoms with E-state index >= 15 is 0 Å². The Morgan fingerprint density at radius 1 is 1.16 bits per heavy atom. The van der Waals surface area contributed by atoms with E-state index in [9.17, 15) is 17.6 Å². The lowest BCUT2D eigenvalue weighted by molar-refractivity contribution is -0.136. The standard InChI is InChI=1S/C22H18FNO5S2/c1-29-17-6-7-19-18(12-17)15(5-9-21(25)26)13-24(19)31(27,28)22-10-8-20(30-22)14-3-2-4-16(23)11-14/h2-4,6-8,10-13H,5,9H2,1H3,(H,25,26). The van der Waals surface area contributed by atoms with E-state index in [0.29, 0.717) is 32.7 Å². The molecule has 2 heterocycles. The average molecular weight is 460 g/mol. The van der Waals surface area contributed by atoms with E-state index < -0.39 is 21.8 Å². The summed E-state index contributed by atoms with van der Waals surface area (Å²) >= 11 is 1.05. The van der Waals surface area contributed by atoms with E-state index in [0.717, 1.165) is 11.3 Å². The van der Waals surface area contributed by atoms with Gasteiger partial charge < -0.3 is 9.84 Å². The number of hydrogen-bond donors (Lipinski definition) is 1. The number of aliphatic carboxylic acids is 1. The summed E-state index contributed by atoms with van der Waals surface area (Å²) in [6, 6.07) is 14.1. The van der Waals surface area contributed by atoms with Crippen molar-refractivity contribution in [3.05, 3.63) is 72.2 Å². The molecule has 0 radical (unpaired) electrons. The maximum absolute atomic E-state index is 13.6. The van der Waals surface area contributed by atoms with E-state index in [4.69, 9.17) is 9.84 Å². The number of hydrogen-bond acceptors (Lipinski definition) is 5. The molecule has 0 amide bonds. The van der Waals surface area contributed by atoms with Gasteiger partial charge in [-0.25, -0.2) is 8.36 Å². The number of benzene rings is 2. The molecule has 0 aliphatic carbocycles. The van der Waals surface area contributed by atoms with Gasteiger partial charge in [0.05, 0.1) is 12.6 Å². The van der Waals surface area contributed by atoms with E-state index in [1.807, 2.05) is 0 Å². The number of rotatable bonds is 7. The summed E-state index contributed by atoms with van der Waals surface area (Å²) in [5.74, 6) is -0.822. The first-order chi connectivity index (χ1) is 14.8. The second kappa shape index (κ2) is 8.16. The van der Waals surface area contributed by atoms with Gasteiger partial charge in [-0.15, -0.1) is 11.3 Å². The number of nitrogens with zero attached hydrogens (tertiary/aromatic N) is 1. The first kappa shape index (κ1) is 21.1. The summed E-state index contributed by atoms with van der Waals surface area (Å²) in [6.45, 7) is 0. The van der Waals surface area contributed by atoms with Gasteiger partial charge in [0.25, 0.3) is 10.0 Å². The zero-order valence-electron chi connectivity index (χ0n) is 16.4. The molecule has 0 aliphatic heterocycles. The van der Waals surface area contributed by atoms with E-state index in [1.54, 1.807) is 36.4 Å². The van der Waals surface area contributed by atoms with Gasteiger partial charge in [0.2, 0.25) is 0 Å². The molecule has 4 aromatic rings. The van der Waals surface area contributed by atoms with Crippen molar-refractivity contribution in [1.82, 2.24) is 3.97 Å². The maximum atomic E-state index is 13.6. The van der Waals surface area contributed by atoms with Crippen LogP contribution in [-0.4, -0.2) is 30.6 Å². The quantitative estimate of drug-likeness (QED) is 0.430. The number of aryl methyl sites for hydroxylation is 1. The SMILES string of the molecule is COc1ccc2c(c1)c(CCC(=O)O)cn2S(=O)(=O)c1ccc(-c2cccc(F)c2)s1. The van der Waals surface area contributed by atoms with E-state index in [2.05, 4.69) is 0 Å². The van der Waals surface area contributed by atoms with Crippen LogP contribution in [0.5, 0.6) is 5.75 Å². The van der Waals surface area contributed by atoms with E-state index in [-0.39, 0.29) is 17.1 Å². The van der Waals surface area contributed by atoms with Gasteiger partial charge in [0, 0.05) is 22.9 Å². The smallest absolute Gasteiger partial charge is 0.303 e. The average Bonchev–Trinajstić information content (AvgIpc) is 3.38. The highest BCUT2D eigenvalue weighted by molar-refractivity contribution is 7.92. The van der Waals surface area contributed by atoms with Crippen LogP contribution in [0, 0.1) is 5.82 Å². The molecular formula is C22H18FNO5S2. The third-order valence-electron chi connectivity index (χ3n) is 4.87. The van der Waals surface area contributed by atoms with Crippen molar-refractivity contribution in [2.24, 2.45) is 0 Å². The molecule has 6 nitrogen and oxygen atoms in total. The number of aromatic nitrogens is 1. The van der Waals surface area contributed by atoms with Crippen molar-refractivity contribution in [2.75, 3.05) is 7.11 Å². The van der Waals surface area contributed by atoms with E-state index in [1.165, 1.54) is 35.5 Å². The van der Waals surface area contributed by atoms with Crippen LogP contribution in [0.15, 0.2) is 65.0 Å². The monoisotopic (exact) mass is 459 g/mol. The van der Waals surface area contributed by atoms with Crippen molar-refractivity contribution in [3.8, 4) is 16.2 Å². The molecule has 0 fully saturated rings. The van der Waals surface area contributed by atoms with Gasteiger partial charge in [0.15, 0.2) is 0 Å². The Kier molecular flexibility index (Phi) is 5.55. The number of carbonyl (C=O) groups is 1. The lowest BCUT2D eigenvalue weighted by Crippen LogP contribution is -2.10. The van der Waals surface area contributed by atoms with Gasteiger partial charge in [0.1, 0.15) is 15.8 Å². The fourth-order valence-corrected chi connectivity index (χ4v) is 6.15. The summed E-state index contributed by atoms with van der Waals surface area (Å²) in [4.78, 5) is 11.7. The molecule has 160 valence electrons. The summed E-state index contributed by atoms with van der Waals surface area (Å²) < 4.78 is 46.9. The minimum Gasteiger partial charge on any atom is -0.497 e. The van der Waals surface area contributed by atoms with Crippen LogP contribution in [-0.2, 0) is 21.2 Å². The lowest BCUT2D eigenvalue weighted by atomic mass is 10.1. The molecule has 9 heteroatoms. The maximum Gasteiger partial charge on any atom is 0.303 e. The van der Waals surface area contributed by atoms with Crippen LogP contribution in [0.1, 0.15) is 12.0 Å². The second-order valence-corrected chi connectivity index (χ2v) is 9.99. The van der Waals surface area contributed by atoms with Gasteiger partial charge in [-0.2, -0.15) is 8.42 Å². The normalized spacial score (nSPS) is 11.7. The zero-order chi connectivity index (χ0) is 22.2. The topological polar surface area (TPSA) is 85.6 Å².